The molecular formula is C12H15FN2O2. The van der Waals surface area contributed by atoms with Crippen LogP contribution in [0.15, 0.2) is 18.2 Å². The van der Waals surface area contributed by atoms with Crippen LogP contribution >= 0.6 is 0 Å². The molecule has 0 saturated heterocycles. The first-order chi connectivity index (χ1) is 8.06. The van der Waals surface area contributed by atoms with Crippen molar-refractivity contribution in [2.24, 2.45) is 5.41 Å². The van der Waals surface area contributed by atoms with Gasteiger partial charge in [-0.15, -0.1) is 0 Å². The number of benzene rings is 1. The number of nitro groups is 1. The molecule has 17 heavy (non-hydrogen) atoms. The molecule has 1 aromatic rings. The van der Waals surface area contributed by atoms with E-state index in [2.05, 4.69) is 12.2 Å². The predicted octanol–water partition coefficient (Wildman–Crippen LogP) is 3.34. The van der Waals surface area contributed by atoms with Crippen molar-refractivity contribution >= 4 is 11.4 Å². The third kappa shape index (κ3) is 2.54. The van der Waals surface area contributed by atoms with Gasteiger partial charge in [0.25, 0.3) is 5.69 Å². The Balaban J connectivity index is 2.13. The van der Waals surface area contributed by atoms with Crippen molar-refractivity contribution in [3.63, 3.8) is 0 Å². The Morgan fingerprint density at radius 2 is 2.24 bits per heavy atom. The Hall–Kier alpha value is -1.65. The van der Waals surface area contributed by atoms with E-state index in [-0.39, 0.29) is 16.8 Å². The maximum absolute atomic E-state index is 13.1. The van der Waals surface area contributed by atoms with Gasteiger partial charge in [-0.1, -0.05) is 6.92 Å². The summed E-state index contributed by atoms with van der Waals surface area (Å²) in [6.45, 7) is 2.78. The maximum atomic E-state index is 13.1. The Kier molecular flexibility index (Phi) is 3.00. The SMILES string of the molecule is CCC1(CNc2cc(F)ccc2[N+](=O)[O-])CC1. The second-order valence-corrected chi connectivity index (χ2v) is 4.63. The summed E-state index contributed by atoms with van der Waals surface area (Å²) in [5, 5.41) is 13.8. The van der Waals surface area contributed by atoms with Gasteiger partial charge >= 0.3 is 0 Å². The van der Waals surface area contributed by atoms with Gasteiger partial charge in [-0.2, -0.15) is 0 Å². The number of anilines is 1. The lowest BCUT2D eigenvalue weighted by molar-refractivity contribution is -0.384. The summed E-state index contributed by atoms with van der Waals surface area (Å²) in [5.41, 5.74) is 0.466. The third-order valence-electron chi connectivity index (χ3n) is 3.52. The molecule has 1 aliphatic carbocycles. The molecule has 4 nitrogen and oxygen atoms in total. The van der Waals surface area contributed by atoms with Gasteiger partial charge in [-0.3, -0.25) is 10.1 Å². The standard InChI is InChI=1S/C12H15FN2O2/c1-2-12(5-6-12)8-14-10-7-9(13)3-4-11(10)15(16)17/h3-4,7,14H,2,5-6,8H2,1H3. The van der Waals surface area contributed by atoms with E-state index < -0.39 is 10.7 Å². The predicted molar refractivity (Wildman–Crippen MR) is 63.5 cm³/mol. The van der Waals surface area contributed by atoms with E-state index in [0.717, 1.165) is 25.3 Å². The molecule has 5 heteroatoms. The number of hydrogen-bond acceptors (Lipinski definition) is 3. The summed E-state index contributed by atoms with van der Waals surface area (Å²) in [5.74, 6) is -0.459. The minimum Gasteiger partial charge on any atom is -0.379 e. The van der Waals surface area contributed by atoms with E-state index in [4.69, 9.17) is 0 Å². The first kappa shape index (κ1) is 11.8. The van der Waals surface area contributed by atoms with Crippen LogP contribution < -0.4 is 5.32 Å². The highest BCUT2D eigenvalue weighted by molar-refractivity contribution is 5.61. The van der Waals surface area contributed by atoms with Crippen molar-refractivity contribution in [1.29, 1.82) is 0 Å². The number of rotatable bonds is 5. The molecule has 0 heterocycles. The fraction of sp³-hybridized carbons (Fsp3) is 0.500. The van der Waals surface area contributed by atoms with Crippen molar-refractivity contribution < 1.29 is 9.31 Å². The Morgan fingerprint density at radius 3 is 2.76 bits per heavy atom. The summed E-state index contributed by atoms with van der Waals surface area (Å²) in [7, 11) is 0. The summed E-state index contributed by atoms with van der Waals surface area (Å²) >= 11 is 0. The molecular weight excluding hydrogens is 223 g/mol. The zero-order valence-corrected chi connectivity index (χ0v) is 9.70. The smallest absolute Gasteiger partial charge is 0.292 e. The quantitative estimate of drug-likeness (QED) is 0.632. The first-order valence-corrected chi connectivity index (χ1v) is 5.74. The van der Waals surface area contributed by atoms with Crippen molar-refractivity contribution in [1.82, 2.24) is 0 Å². The maximum Gasteiger partial charge on any atom is 0.292 e. The fourth-order valence-corrected chi connectivity index (χ4v) is 1.92. The third-order valence-corrected chi connectivity index (χ3v) is 3.52. The number of nitrogens with zero attached hydrogens (tertiary/aromatic N) is 1. The van der Waals surface area contributed by atoms with Gasteiger partial charge in [0, 0.05) is 18.7 Å². The molecule has 0 atom stereocenters. The summed E-state index contributed by atoms with van der Waals surface area (Å²) < 4.78 is 13.1. The molecule has 0 unspecified atom stereocenters. The molecule has 0 bridgehead atoms. The van der Waals surface area contributed by atoms with Gasteiger partial charge in [-0.05, 0) is 30.7 Å². The largest absolute Gasteiger partial charge is 0.379 e. The number of halogens is 1. The number of nitro benzene ring substituents is 1. The van der Waals surface area contributed by atoms with Crippen LogP contribution in [0.3, 0.4) is 0 Å². The first-order valence-electron chi connectivity index (χ1n) is 5.74. The summed E-state index contributed by atoms with van der Waals surface area (Å²) in [4.78, 5) is 10.3. The molecule has 0 amide bonds. The van der Waals surface area contributed by atoms with Gasteiger partial charge in [0.15, 0.2) is 0 Å². The van der Waals surface area contributed by atoms with Gasteiger partial charge in [0.05, 0.1) is 4.92 Å². The lowest BCUT2D eigenvalue weighted by Gasteiger charge is -2.14. The fourth-order valence-electron chi connectivity index (χ4n) is 1.92. The molecule has 0 spiro atoms. The minimum absolute atomic E-state index is 0.0710. The second-order valence-electron chi connectivity index (χ2n) is 4.63. The van der Waals surface area contributed by atoms with E-state index in [0.29, 0.717) is 6.54 Å². The van der Waals surface area contributed by atoms with Gasteiger partial charge < -0.3 is 5.32 Å². The summed E-state index contributed by atoms with van der Waals surface area (Å²) in [6, 6.07) is 3.49. The van der Waals surface area contributed by atoms with Gasteiger partial charge in [-0.25, -0.2) is 4.39 Å². The van der Waals surface area contributed by atoms with Crippen LogP contribution in [0.4, 0.5) is 15.8 Å². The van der Waals surface area contributed by atoms with E-state index >= 15 is 0 Å². The van der Waals surface area contributed by atoms with Crippen LogP contribution in [0.2, 0.25) is 0 Å². The van der Waals surface area contributed by atoms with Gasteiger partial charge in [0.1, 0.15) is 11.5 Å². The molecule has 92 valence electrons. The monoisotopic (exact) mass is 238 g/mol. The van der Waals surface area contributed by atoms with Crippen LogP contribution in [-0.2, 0) is 0 Å². The molecule has 0 aromatic heterocycles. The van der Waals surface area contributed by atoms with Crippen molar-refractivity contribution in [3.8, 4) is 0 Å². The number of hydrogen-bond donors (Lipinski definition) is 1. The molecule has 1 fully saturated rings. The van der Waals surface area contributed by atoms with Crippen LogP contribution in [0, 0.1) is 21.3 Å². The van der Waals surface area contributed by atoms with Crippen molar-refractivity contribution in [2.45, 2.75) is 26.2 Å². The molecule has 1 saturated carbocycles. The zero-order valence-electron chi connectivity index (χ0n) is 9.70. The topological polar surface area (TPSA) is 55.2 Å². The lowest BCUT2D eigenvalue weighted by atomic mass is 10.0. The highest BCUT2D eigenvalue weighted by Crippen LogP contribution is 2.48. The molecule has 0 aliphatic heterocycles. The van der Waals surface area contributed by atoms with Crippen LogP contribution in [-0.4, -0.2) is 11.5 Å². The lowest BCUT2D eigenvalue weighted by Crippen LogP contribution is -2.15. The molecule has 1 aromatic carbocycles. The molecule has 0 radical (unpaired) electrons. The second kappa shape index (κ2) is 4.31. The molecule has 1 aliphatic rings. The van der Waals surface area contributed by atoms with E-state index in [1.807, 2.05) is 0 Å². The van der Waals surface area contributed by atoms with Crippen molar-refractivity contribution in [2.75, 3.05) is 11.9 Å². The Bertz CT molecular complexity index is 444. The minimum atomic E-state index is -0.493. The highest BCUT2D eigenvalue weighted by atomic mass is 19.1. The van der Waals surface area contributed by atoms with E-state index in [9.17, 15) is 14.5 Å². The van der Waals surface area contributed by atoms with Crippen LogP contribution in [0.25, 0.3) is 0 Å². The van der Waals surface area contributed by atoms with E-state index in [1.54, 1.807) is 0 Å². The molecule has 1 N–H and O–H groups in total. The van der Waals surface area contributed by atoms with Crippen LogP contribution in [0.1, 0.15) is 26.2 Å². The average molecular weight is 238 g/mol. The molecule has 2 rings (SSSR count). The summed E-state index contributed by atoms with van der Waals surface area (Å²) in [6.07, 6.45) is 3.32. The Morgan fingerprint density at radius 1 is 1.53 bits per heavy atom. The highest BCUT2D eigenvalue weighted by Gasteiger charge is 2.40. The van der Waals surface area contributed by atoms with E-state index in [1.165, 1.54) is 12.1 Å². The number of nitrogens with one attached hydrogen (secondary N) is 1. The normalized spacial score (nSPS) is 16.6. The van der Waals surface area contributed by atoms with Crippen LogP contribution in [0.5, 0.6) is 0 Å². The average Bonchev–Trinajstić information content (AvgIpc) is 3.07. The van der Waals surface area contributed by atoms with Gasteiger partial charge in [0.2, 0.25) is 0 Å². The zero-order chi connectivity index (χ0) is 12.5. The Labute approximate surface area is 99.0 Å². The van der Waals surface area contributed by atoms with Crippen molar-refractivity contribution in [3.05, 3.63) is 34.1 Å².